The lowest BCUT2D eigenvalue weighted by Crippen LogP contribution is -2.25. The number of aromatic nitrogens is 2. The molecule has 1 aromatic carbocycles. The van der Waals surface area contributed by atoms with E-state index in [4.69, 9.17) is 0 Å². The number of carbonyl (C=O) groups is 1. The zero-order chi connectivity index (χ0) is 14.5. The summed E-state index contributed by atoms with van der Waals surface area (Å²) >= 11 is 3.42. The molecular formula is C14H18BrClN4O. The lowest BCUT2D eigenvalue weighted by molar-refractivity contribution is -0.115. The number of anilines is 1. The molecule has 0 atom stereocenters. The molecule has 0 aliphatic carbocycles. The van der Waals surface area contributed by atoms with Crippen LogP contribution in [0.15, 0.2) is 28.7 Å². The first-order chi connectivity index (χ1) is 9.65. The number of carbonyl (C=O) groups excluding carboxylic acids is 1. The molecule has 0 aliphatic heterocycles. The van der Waals surface area contributed by atoms with Gasteiger partial charge in [0, 0.05) is 10.0 Å². The van der Waals surface area contributed by atoms with Crippen LogP contribution >= 0.6 is 28.3 Å². The zero-order valence-electron chi connectivity index (χ0n) is 11.9. The van der Waals surface area contributed by atoms with Crippen LogP contribution in [0.2, 0.25) is 0 Å². The maximum Gasteiger partial charge on any atom is 0.239 e. The minimum absolute atomic E-state index is 0. The summed E-state index contributed by atoms with van der Waals surface area (Å²) in [6, 6.07) is 7.98. The number of nitrogens with zero attached hydrogens (tertiary/aromatic N) is 1. The first-order valence-corrected chi connectivity index (χ1v) is 7.22. The van der Waals surface area contributed by atoms with Crippen molar-refractivity contribution < 1.29 is 4.79 Å². The average Bonchev–Trinajstić information content (AvgIpc) is 2.82. The SMILES string of the molecule is CCc1c(NC(=O)CNC)n[nH]c1-c1ccc(Br)cc1.Cl. The van der Waals surface area contributed by atoms with Gasteiger partial charge in [-0.3, -0.25) is 9.89 Å². The van der Waals surface area contributed by atoms with E-state index in [1.54, 1.807) is 7.05 Å². The van der Waals surface area contributed by atoms with Gasteiger partial charge in [0.2, 0.25) is 5.91 Å². The molecule has 0 aliphatic rings. The maximum atomic E-state index is 11.6. The molecule has 5 nitrogen and oxygen atoms in total. The Kier molecular flexibility index (Phi) is 6.87. The molecule has 0 unspecified atom stereocenters. The molecule has 2 aromatic rings. The van der Waals surface area contributed by atoms with Gasteiger partial charge in [-0.25, -0.2) is 0 Å². The standard InChI is InChI=1S/C14H17BrN4O.ClH/c1-3-11-13(9-4-6-10(15)7-5-9)18-19-14(11)17-12(20)8-16-2;/h4-7,16H,3,8H2,1-2H3,(H2,17,18,19,20);1H. The maximum absolute atomic E-state index is 11.6. The summed E-state index contributed by atoms with van der Waals surface area (Å²) in [6.45, 7) is 2.31. The van der Waals surface area contributed by atoms with Crippen LogP contribution in [0.5, 0.6) is 0 Å². The Morgan fingerprint density at radius 1 is 1.33 bits per heavy atom. The van der Waals surface area contributed by atoms with Gasteiger partial charge in [-0.15, -0.1) is 12.4 Å². The second-order valence-electron chi connectivity index (χ2n) is 4.36. The molecule has 0 fully saturated rings. The van der Waals surface area contributed by atoms with Crippen molar-refractivity contribution in [3.05, 3.63) is 34.3 Å². The molecular weight excluding hydrogens is 356 g/mol. The number of H-pyrrole nitrogens is 1. The van der Waals surface area contributed by atoms with Crippen molar-refractivity contribution in [1.82, 2.24) is 15.5 Å². The fraction of sp³-hybridized carbons (Fsp3) is 0.286. The lowest BCUT2D eigenvalue weighted by Gasteiger charge is -2.05. The van der Waals surface area contributed by atoms with Crippen LogP contribution in [-0.4, -0.2) is 29.7 Å². The molecule has 0 bridgehead atoms. The van der Waals surface area contributed by atoms with E-state index in [0.29, 0.717) is 5.82 Å². The van der Waals surface area contributed by atoms with Gasteiger partial charge in [0.05, 0.1) is 12.2 Å². The number of hydrogen-bond donors (Lipinski definition) is 3. The average molecular weight is 374 g/mol. The third-order valence-electron chi connectivity index (χ3n) is 2.95. The summed E-state index contributed by atoms with van der Waals surface area (Å²) in [5, 5.41) is 12.8. The van der Waals surface area contributed by atoms with Crippen molar-refractivity contribution >= 4 is 40.1 Å². The van der Waals surface area contributed by atoms with E-state index < -0.39 is 0 Å². The van der Waals surface area contributed by atoms with Crippen LogP contribution in [0.25, 0.3) is 11.3 Å². The molecule has 21 heavy (non-hydrogen) atoms. The Morgan fingerprint density at radius 3 is 2.57 bits per heavy atom. The van der Waals surface area contributed by atoms with E-state index in [0.717, 1.165) is 27.7 Å². The van der Waals surface area contributed by atoms with E-state index in [1.807, 2.05) is 31.2 Å². The van der Waals surface area contributed by atoms with Gasteiger partial charge < -0.3 is 10.6 Å². The predicted molar refractivity (Wildman–Crippen MR) is 90.9 cm³/mol. The molecule has 0 radical (unpaired) electrons. The normalized spacial score (nSPS) is 10.0. The van der Waals surface area contributed by atoms with Gasteiger partial charge in [-0.1, -0.05) is 35.0 Å². The van der Waals surface area contributed by atoms with Gasteiger partial charge >= 0.3 is 0 Å². The summed E-state index contributed by atoms with van der Waals surface area (Å²) in [7, 11) is 1.73. The Hall–Kier alpha value is -1.37. The van der Waals surface area contributed by atoms with Crippen molar-refractivity contribution in [3.8, 4) is 11.3 Å². The molecule has 0 spiro atoms. The smallest absolute Gasteiger partial charge is 0.239 e. The van der Waals surface area contributed by atoms with Gasteiger partial charge in [-0.05, 0) is 31.2 Å². The highest BCUT2D eigenvalue weighted by atomic mass is 79.9. The third kappa shape index (κ3) is 4.30. The largest absolute Gasteiger partial charge is 0.311 e. The monoisotopic (exact) mass is 372 g/mol. The third-order valence-corrected chi connectivity index (χ3v) is 3.48. The number of nitrogens with one attached hydrogen (secondary N) is 3. The highest BCUT2D eigenvalue weighted by Gasteiger charge is 2.14. The molecule has 0 saturated heterocycles. The number of halogens is 2. The molecule has 114 valence electrons. The van der Waals surface area contributed by atoms with Crippen LogP contribution in [0.1, 0.15) is 12.5 Å². The number of likely N-dealkylation sites (N-methyl/N-ethyl adjacent to an activating group) is 1. The van der Waals surface area contributed by atoms with E-state index in [1.165, 1.54) is 0 Å². The molecule has 1 aromatic heterocycles. The van der Waals surface area contributed by atoms with Crippen LogP contribution in [0.4, 0.5) is 5.82 Å². The Morgan fingerprint density at radius 2 is 2.00 bits per heavy atom. The number of amides is 1. The molecule has 3 N–H and O–H groups in total. The van der Waals surface area contributed by atoms with Crippen molar-refractivity contribution in [3.63, 3.8) is 0 Å². The number of benzene rings is 1. The van der Waals surface area contributed by atoms with E-state index in [9.17, 15) is 4.79 Å². The Labute approximate surface area is 138 Å². The predicted octanol–water partition coefficient (Wildman–Crippen LogP) is 2.98. The first-order valence-electron chi connectivity index (χ1n) is 6.43. The summed E-state index contributed by atoms with van der Waals surface area (Å²) in [4.78, 5) is 11.6. The van der Waals surface area contributed by atoms with Crippen molar-refractivity contribution in [2.45, 2.75) is 13.3 Å². The first kappa shape index (κ1) is 17.7. The minimum atomic E-state index is -0.101. The van der Waals surface area contributed by atoms with Gasteiger partial charge in [0.15, 0.2) is 5.82 Å². The van der Waals surface area contributed by atoms with Crippen LogP contribution in [0, 0.1) is 0 Å². The summed E-state index contributed by atoms with van der Waals surface area (Å²) < 4.78 is 1.03. The second kappa shape index (κ2) is 8.17. The highest BCUT2D eigenvalue weighted by molar-refractivity contribution is 9.10. The van der Waals surface area contributed by atoms with Crippen LogP contribution in [-0.2, 0) is 11.2 Å². The molecule has 1 heterocycles. The lowest BCUT2D eigenvalue weighted by atomic mass is 10.1. The fourth-order valence-corrected chi connectivity index (χ4v) is 2.27. The minimum Gasteiger partial charge on any atom is -0.311 e. The fourth-order valence-electron chi connectivity index (χ4n) is 2.00. The summed E-state index contributed by atoms with van der Waals surface area (Å²) in [6.07, 6.45) is 0.789. The molecule has 2 rings (SSSR count). The van der Waals surface area contributed by atoms with E-state index in [-0.39, 0.29) is 24.9 Å². The Balaban J connectivity index is 0.00000220. The van der Waals surface area contributed by atoms with E-state index >= 15 is 0 Å². The van der Waals surface area contributed by atoms with Crippen LogP contribution < -0.4 is 10.6 Å². The summed E-state index contributed by atoms with van der Waals surface area (Å²) in [5.74, 6) is 0.502. The topological polar surface area (TPSA) is 69.8 Å². The van der Waals surface area contributed by atoms with Crippen molar-refractivity contribution in [1.29, 1.82) is 0 Å². The number of aromatic amines is 1. The second-order valence-corrected chi connectivity index (χ2v) is 5.28. The van der Waals surface area contributed by atoms with E-state index in [2.05, 4.69) is 36.8 Å². The summed E-state index contributed by atoms with van der Waals surface area (Å²) in [5.41, 5.74) is 3.00. The van der Waals surface area contributed by atoms with Gasteiger partial charge in [-0.2, -0.15) is 5.10 Å². The molecule has 7 heteroatoms. The number of rotatable bonds is 5. The van der Waals surface area contributed by atoms with Crippen LogP contribution in [0.3, 0.4) is 0 Å². The Bertz CT molecular complexity index is 598. The number of hydrogen-bond acceptors (Lipinski definition) is 3. The highest BCUT2D eigenvalue weighted by Crippen LogP contribution is 2.28. The van der Waals surface area contributed by atoms with Gasteiger partial charge in [0.25, 0.3) is 0 Å². The zero-order valence-corrected chi connectivity index (χ0v) is 14.3. The quantitative estimate of drug-likeness (QED) is 0.754. The molecule has 1 amide bonds. The van der Waals surface area contributed by atoms with Crippen molar-refractivity contribution in [2.75, 3.05) is 18.9 Å². The van der Waals surface area contributed by atoms with Crippen molar-refractivity contribution in [2.24, 2.45) is 0 Å². The molecule has 0 saturated carbocycles. The van der Waals surface area contributed by atoms with Gasteiger partial charge in [0.1, 0.15) is 0 Å².